The Labute approximate surface area is 193 Å². The molecule has 0 aliphatic carbocycles. The zero-order valence-corrected chi connectivity index (χ0v) is 18.7. The van der Waals surface area contributed by atoms with Crippen LogP contribution in [0, 0.1) is 0 Å². The fourth-order valence-corrected chi connectivity index (χ4v) is 4.59. The smallest absolute Gasteiger partial charge is 0.206 e. The second kappa shape index (κ2) is 8.57. The van der Waals surface area contributed by atoms with Gasteiger partial charge in [0.05, 0.1) is 17.7 Å². The van der Waals surface area contributed by atoms with Crippen LogP contribution in [-0.2, 0) is 6.54 Å². The number of hydrogen-bond acceptors (Lipinski definition) is 5. The lowest BCUT2D eigenvalue weighted by Gasteiger charge is -2.06. The second-order valence-corrected chi connectivity index (χ2v) is 8.72. The molecule has 0 saturated heterocycles. The summed E-state index contributed by atoms with van der Waals surface area (Å²) in [5.74, 6) is 0.632. The molecule has 5 aromatic rings. The highest BCUT2D eigenvalue weighted by Gasteiger charge is 2.20. The van der Waals surface area contributed by atoms with Crippen LogP contribution in [0.15, 0.2) is 79.3 Å². The van der Waals surface area contributed by atoms with Gasteiger partial charge >= 0.3 is 0 Å². The molecule has 0 unspecified atom stereocenters. The van der Waals surface area contributed by atoms with Crippen LogP contribution in [0.25, 0.3) is 21.6 Å². The molecule has 158 valence electrons. The lowest BCUT2D eigenvalue weighted by Crippen LogP contribution is -1.99. The predicted octanol–water partition coefficient (Wildman–Crippen LogP) is 6.10. The highest BCUT2D eigenvalue weighted by molar-refractivity contribution is 7.17. The minimum atomic E-state index is -0.0715. The van der Waals surface area contributed by atoms with Crippen LogP contribution in [0.2, 0.25) is 5.02 Å². The van der Waals surface area contributed by atoms with E-state index in [1.54, 1.807) is 19.5 Å². The molecule has 3 aromatic heterocycles. The molecule has 7 heteroatoms. The monoisotopic (exact) mass is 459 g/mol. The lowest BCUT2D eigenvalue weighted by atomic mass is 10.1. The van der Waals surface area contributed by atoms with Crippen molar-refractivity contribution in [3.63, 3.8) is 0 Å². The van der Waals surface area contributed by atoms with Crippen LogP contribution in [0.1, 0.15) is 20.8 Å². The fraction of sp³-hybridized carbons (Fsp3) is 0.0800. The average molecular weight is 460 g/mol. The Morgan fingerprint density at radius 2 is 1.94 bits per heavy atom. The standard InChI is InChI=1S/C25H18ClN3O2S/c1-31-18-9-10-22-19(12-18)20(15-29(22)14-16-5-7-17(26)8-6-16)24(30)23-13-28-25(32-23)21-4-2-3-11-27-21/h2-13,15H,14H2,1H3. The largest absolute Gasteiger partial charge is 0.497 e. The number of rotatable bonds is 6. The summed E-state index contributed by atoms with van der Waals surface area (Å²) in [5.41, 5.74) is 3.42. The minimum absolute atomic E-state index is 0.0715. The highest BCUT2D eigenvalue weighted by Crippen LogP contribution is 2.31. The molecule has 0 amide bonds. The Morgan fingerprint density at radius 3 is 2.69 bits per heavy atom. The van der Waals surface area contributed by atoms with Crippen molar-refractivity contribution < 1.29 is 9.53 Å². The highest BCUT2D eigenvalue weighted by atomic mass is 35.5. The van der Waals surface area contributed by atoms with Crippen molar-refractivity contribution >= 4 is 39.6 Å². The van der Waals surface area contributed by atoms with E-state index in [1.165, 1.54) is 11.3 Å². The third kappa shape index (κ3) is 3.90. The van der Waals surface area contributed by atoms with E-state index in [0.717, 1.165) is 27.2 Å². The summed E-state index contributed by atoms with van der Waals surface area (Å²) in [7, 11) is 1.62. The number of halogens is 1. The van der Waals surface area contributed by atoms with Crippen LogP contribution >= 0.6 is 22.9 Å². The molecular formula is C25H18ClN3O2S. The lowest BCUT2D eigenvalue weighted by molar-refractivity contribution is 0.104. The first-order chi connectivity index (χ1) is 15.6. The molecule has 0 radical (unpaired) electrons. The van der Waals surface area contributed by atoms with Gasteiger partial charge in [-0.3, -0.25) is 9.78 Å². The zero-order valence-electron chi connectivity index (χ0n) is 17.2. The summed E-state index contributed by atoms with van der Waals surface area (Å²) < 4.78 is 7.49. The van der Waals surface area contributed by atoms with Gasteiger partial charge in [0.15, 0.2) is 0 Å². The third-order valence-corrected chi connectivity index (χ3v) is 6.48. The quantitative estimate of drug-likeness (QED) is 0.288. The van der Waals surface area contributed by atoms with Gasteiger partial charge in [0.1, 0.15) is 10.8 Å². The summed E-state index contributed by atoms with van der Waals surface area (Å²) in [6.45, 7) is 0.620. The predicted molar refractivity (Wildman–Crippen MR) is 128 cm³/mol. The van der Waals surface area contributed by atoms with E-state index < -0.39 is 0 Å². The molecule has 0 atom stereocenters. The number of hydrogen-bond donors (Lipinski definition) is 0. The van der Waals surface area contributed by atoms with E-state index in [1.807, 2.05) is 66.9 Å². The molecule has 0 saturated carbocycles. The summed E-state index contributed by atoms with van der Waals surface area (Å²) in [6.07, 6.45) is 5.25. The Morgan fingerprint density at radius 1 is 1.09 bits per heavy atom. The number of ether oxygens (including phenoxy) is 1. The summed E-state index contributed by atoms with van der Waals surface area (Å²) in [6, 6.07) is 19.1. The number of carbonyl (C=O) groups excluding carboxylic acids is 1. The van der Waals surface area contributed by atoms with Crippen molar-refractivity contribution in [2.45, 2.75) is 6.54 Å². The van der Waals surface area contributed by atoms with Crippen LogP contribution in [0.3, 0.4) is 0 Å². The van der Waals surface area contributed by atoms with Crippen molar-refractivity contribution in [2.75, 3.05) is 7.11 Å². The average Bonchev–Trinajstić information content (AvgIpc) is 3.46. The van der Waals surface area contributed by atoms with E-state index in [4.69, 9.17) is 16.3 Å². The Hall–Kier alpha value is -3.48. The van der Waals surface area contributed by atoms with Crippen molar-refractivity contribution in [3.8, 4) is 16.5 Å². The summed E-state index contributed by atoms with van der Waals surface area (Å²) >= 11 is 7.37. The van der Waals surface area contributed by atoms with E-state index in [0.29, 0.717) is 27.8 Å². The molecule has 5 nitrogen and oxygen atoms in total. The number of pyridine rings is 1. The SMILES string of the molecule is COc1ccc2c(c1)c(C(=O)c1cnc(-c3ccccn3)s1)cn2Cc1ccc(Cl)cc1. The van der Waals surface area contributed by atoms with Crippen molar-refractivity contribution in [1.82, 2.24) is 14.5 Å². The minimum Gasteiger partial charge on any atom is -0.497 e. The van der Waals surface area contributed by atoms with E-state index in [2.05, 4.69) is 14.5 Å². The molecule has 32 heavy (non-hydrogen) atoms. The number of thiazole rings is 1. The summed E-state index contributed by atoms with van der Waals surface area (Å²) in [5, 5.41) is 2.26. The molecular weight excluding hydrogens is 442 g/mol. The normalized spacial score (nSPS) is 11.1. The van der Waals surface area contributed by atoms with Crippen molar-refractivity contribution in [3.05, 3.63) is 100 Å². The number of fused-ring (bicyclic) bond motifs is 1. The first-order valence-electron chi connectivity index (χ1n) is 9.95. The van der Waals surface area contributed by atoms with Gasteiger partial charge in [-0.25, -0.2) is 4.98 Å². The van der Waals surface area contributed by atoms with Crippen LogP contribution in [-0.4, -0.2) is 27.4 Å². The maximum atomic E-state index is 13.5. The molecule has 0 bridgehead atoms. The molecule has 0 N–H and O–H groups in total. The zero-order chi connectivity index (χ0) is 22.1. The number of ketones is 1. The first kappa shape index (κ1) is 20.4. The van der Waals surface area contributed by atoms with Crippen molar-refractivity contribution in [1.29, 1.82) is 0 Å². The maximum absolute atomic E-state index is 13.5. The van der Waals surface area contributed by atoms with Gasteiger partial charge < -0.3 is 9.30 Å². The molecule has 0 spiro atoms. The number of methoxy groups -OCH3 is 1. The van der Waals surface area contributed by atoms with E-state index in [9.17, 15) is 4.79 Å². The number of carbonyl (C=O) groups is 1. The van der Waals surface area contributed by atoms with Crippen LogP contribution in [0.5, 0.6) is 5.75 Å². The molecule has 3 heterocycles. The van der Waals surface area contributed by atoms with Gasteiger partial charge in [0.2, 0.25) is 5.78 Å². The Balaban J connectivity index is 1.56. The van der Waals surface area contributed by atoms with Crippen molar-refractivity contribution in [2.24, 2.45) is 0 Å². The Kier molecular flexibility index (Phi) is 5.47. The molecule has 0 aliphatic heterocycles. The number of benzene rings is 2. The second-order valence-electron chi connectivity index (χ2n) is 7.25. The van der Waals surface area contributed by atoms with Gasteiger partial charge in [0.25, 0.3) is 0 Å². The maximum Gasteiger partial charge on any atom is 0.206 e. The van der Waals surface area contributed by atoms with Gasteiger partial charge in [-0.05, 0) is 48.0 Å². The van der Waals surface area contributed by atoms with Gasteiger partial charge in [-0.15, -0.1) is 11.3 Å². The molecule has 0 fully saturated rings. The topological polar surface area (TPSA) is 57.0 Å². The third-order valence-electron chi connectivity index (χ3n) is 5.21. The van der Waals surface area contributed by atoms with E-state index >= 15 is 0 Å². The van der Waals surface area contributed by atoms with E-state index in [-0.39, 0.29) is 5.78 Å². The molecule has 2 aromatic carbocycles. The van der Waals surface area contributed by atoms with Gasteiger partial charge in [-0.2, -0.15) is 0 Å². The van der Waals surface area contributed by atoms with Gasteiger partial charge in [-0.1, -0.05) is 29.8 Å². The fourth-order valence-electron chi connectivity index (χ4n) is 3.62. The van der Waals surface area contributed by atoms with Crippen LogP contribution in [0.4, 0.5) is 0 Å². The Bertz CT molecular complexity index is 1410. The number of nitrogens with zero attached hydrogens (tertiary/aromatic N) is 3. The molecule has 0 aliphatic rings. The molecule has 5 rings (SSSR count). The summed E-state index contributed by atoms with van der Waals surface area (Å²) in [4.78, 5) is 22.8. The first-order valence-corrected chi connectivity index (χ1v) is 11.1. The van der Waals surface area contributed by atoms with Crippen LogP contribution < -0.4 is 4.74 Å². The van der Waals surface area contributed by atoms with Gasteiger partial charge in [0, 0.05) is 46.6 Å². The number of aromatic nitrogens is 3.